The highest BCUT2D eigenvalue weighted by Gasteiger charge is 2.05. The van der Waals surface area contributed by atoms with Crippen LogP contribution in [0.4, 0.5) is 0 Å². The average Bonchev–Trinajstić information content (AvgIpc) is 2.29. The van der Waals surface area contributed by atoms with Crippen LogP contribution >= 0.6 is 0 Å². The lowest BCUT2D eigenvalue weighted by Crippen LogP contribution is -2.00. The van der Waals surface area contributed by atoms with Gasteiger partial charge in [-0.3, -0.25) is 0 Å². The van der Waals surface area contributed by atoms with Gasteiger partial charge in [-0.25, -0.2) is 4.79 Å². The molecule has 92 valence electrons. The zero-order valence-electron chi connectivity index (χ0n) is 10.2. The van der Waals surface area contributed by atoms with E-state index >= 15 is 0 Å². The number of methoxy groups -OCH3 is 1. The van der Waals surface area contributed by atoms with E-state index in [1.54, 1.807) is 26.0 Å². The molecule has 0 atom stereocenters. The SMILES string of the molecule is CCOC(=O)C=C(C)c1ccc(O)c(OC)c1. The fourth-order valence-electron chi connectivity index (χ4n) is 1.37. The molecule has 0 saturated carbocycles. The normalized spacial score (nSPS) is 11.1. The van der Waals surface area contributed by atoms with E-state index in [2.05, 4.69) is 0 Å². The second-order valence-corrected chi connectivity index (χ2v) is 3.47. The van der Waals surface area contributed by atoms with Crippen molar-refractivity contribution < 1.29 is 19.4 Å². The summed E-state index contributed by atoms with van der Waals surface area (Å²) in [6.07, 6.45) is 1.41. The summed E-state index contributed by atoms with van der Waals surface area (Å²) in [7, 11) is 1.48. The van der Waals surface area contributed by atoms with Gasteiger partial charge in [-0.05, 0) is 37.1 Å². The maximum atomic E-state index is 11.3. The number of rotatable bonds is 4. The molecule has 0 aliphatic heterocycles. The number of benzene rings is 1. The summed E-state index contributed by atoms with van der Waals surface area (Å²) in [6.45, 7) is 3.90. The van der Waals surface area contributed by atoms with E-state index in [-0.39, 0.29) is 11.7 Å². The van der Waals surface area contributed by atoms with E-state index in [0.29, 0.717) is 12.4 Å². The van der Waals surface area contributed by atoms with Crippen molar-refractivity contribution >= 4 is 11.5 Å². The molecule has 1 N–H and O–H groups in total. The molecule has 0 radical (unpaired) electrons. The lowest BCUT2D eigenvalue weighted by molar-refractivity contribution is -0.137. The summed E-state index contributed by atoms with van der Waals surface area (Å²) >= 11 is 0. The molecule has 0 aliphatic rings. The van der Waals surface area contributed by atoms with Gasteiger partial charge in [0.1, 0.15) is 0 Å². The van der Waals surface area contributed by atoms with Gasteiger partial charge in [-0.2, -0.15) is 0 Å². The van der Waals surface area contributed by atoms with Crippen molar-refractivity contribution in [3.05, 3.63) is 29.8 Å². The Bertz CT molecular complexity index is 435. The number of carbonyl (C=O) groups is 1. The summed E-state index contributed by atoms with van der Waals surface area (Å²) < 4.78 is 9.81. The lowest BCUT2D eigenvalue weighted by Gasteiger charge is -2.07. The molecule has 0 aromatic heterocycles. The van der Waals surface area contributed by atoms with E-state index in [1.165, 1.54) is 19.3 Å². The van der Waals surface area contributed by atoms with Gasteiger partial charge in [-0.1, -0.05) is 6.07 Å². The van der Waals surface area contributed by atoms with Gasteiger partial charge in [0, 0.05) is 6.08 Å². The molecule has 0 unspecified atom stereocenters. The molecule has 0 bridgehead atoms. The number of phenols is 1. The number of ether oxygens (including phenoxy) is 2. The number of hydrogen-bond donors (Lipinski definition) is 1. The summed E-state index contributed by atoms with van der Waals surface area (Å²) in [4.78, 5) is 11.3. The Balaban J connectivity index is 2.96. The molecule has 17 heavy (non-hydrogen) atoms. The second-order valence-electron chi connectivity index (χ2n) is 3.47. The predicted molar refractivity (Wildman–Crippen MR) is 64.9 cm³/mol. The van der Waals surface area contributed by atoms with Crippen LogP contribution in [0.15, 0.2) is 24.3 Å². The van der Waals surface area contributed by atoms with E-state index in [9.17, 15) is 9.90 Å². The zero-order chi connectivity index (χ0) is 12.8. The molecule has 1 rings (SSSR count). The van der Waals surface area contributed by atoms with Crippen LogP contribution in [0.1, 0.15) is 19.4 Å². The van der Waals surface area contributed by atoms with Gasteiger partial charge < -0.3 is 14.6 Å². The minimum absolute atomic E-state index is 0.0696. The largest absolute Gasteiger partial charge is 0.504 e. The Hall–Kier alpha value is -1.97. The van der Waals surface area contributed by atoms with Gasteiger partial charge in [0.15, 0.2) is 11.5 Å². The first kappa shape index (κ1) is 13.1. The minimum atomic E-state index is -0.378. The molecule has 0 amide bonds. The highest BCUT2D eigenvalue weighted by Crippen LogP contribution is 2.29. The first-order chi connectivity index (χ1) is 8.08. The predicted octanol–water partition coefficient (Wildman–Crippen LogP) is 2.37. The van der Waals surface area contributed by atoms with E-state index < -0.39 is 0 Å². The molecule has 4 heteroatoms. The quantitative estimate of drug-likeness (QED) is 0.644. The molecule has 0 saturated heterocycles. The molecule has 0 spiro atoms. The van der Waals surface area contributed by atoms with Gasteiger partial charge in [0.2, 0.25) is 0 Å². The second kappa shape index (κ2) is 5.94. The smallest absolute Gasteiger partial charge is 0.331 e. The van der Waals surface area contributed by atoms with Crippen LogP contribution in [0.2, 0.25) is 0 Å². The maximum Gasteiger partial charge on any atom is 0.331 e. The summed E-state index contributed by atoms with van der Waals surface area (Å²) in [5.41, 5.74) is 1.55. The van der Waals surface area contributed by atoms with Crippen LogP contribution < -0.4 is 4.74 Å². The van der Waals surface area contributed by atoms with Crippen LogP contribution in [-0.4, -0.2) is 24.8 Å². The Morgan fingerprint density at radius 2 is 2.18 bits per heavy atom. The van der Waals surface area contributed by atoms with Gasteiger partial charge in [-0.15, -0.1) is 0 Å². The number of esters is 1. The lowest BCUT2D eigenvalue weighted by atomic mass is 10.1. The van der Waals surface area contributed by atoms with Crippen molar-refractivity contribution in [2.45, 2.75) is 13.8 Å². The first-order valence-electron chi connectivity index (χ1n) is 5.31. The maximum absolute atomic E-state index is 11.3. The van der Waals surface area contributed by atoms with Crippen LogP contribution in [0.5, 0.6) is 11.5 Å². The zero-order valence-corrected chi connectivity index (χ0v) is 10.2. The van der Waals surface area contributed by atoms with Gasteiger partial charge in [0.25, 0.3) is 0 Å². The van der Waals surface area contributed by atoms with Gasteiger partial charge >= 0.3 is 5.97 Å². The molecule has 1 aromatic rings. The summed E-state index contributed by atoms with van der Waals surface area (Å²) in [5.74, 6) is 0.0661. The molecule has 1 aromatic carbocycles. The number of hydrogen-bond acceptors (Lipinski definition) is 4. The molecule has 0 fully saturated rings. The van der Waals surface area contributed by atoms with Crippen LogP contribution in [0, 0.1) is 0 Å². The molecule has 4 nitrogen and oxygen atoms in total. The van der Waals surface area contributed by atoms with E-state index in [1.807, 2.05) is 0 Å². The summed E-state index contributed by atoms with van der Waals surface area (Å²) in [6, 6.07) is 4.90. The Labute approximate surface area is 100 Å². The van der Waals surface area contributed by atoms with E-state index in [0.717, 1.165) is 11.1 Å². The first-order valence-corrected chi connectivity index (χ1v) is 5.31. The molecular weight excluding hydrogens is 220 g/mol. The minimum Gasteiger partial charge on any atom is -0.504 e. The van der Waals surface area contributed by atoms with Crippen molar-refractivity contribution in [1.82, 2.24) is 0 Å². The van der Waals surface area contributed by atoms with Crippen molar-refractivity contribution in [3.63, 3.8) is 0 Å². The Morgan fingerprint density at radius 1 is 1.47 bits per heavy atom. The van der Waals surface area contributed by atoms with Crippen molar-refractivity contribution in [2.24, 2.45) is 0 Å². The third-order valence-corrected chi connectivity index (χ3v) is 2.26. The molecular formula is C13H16O4. The van der Waals surface area contributed by atoms with Crippen molar-refractivity contribution in [2.75, 3.05) is 13.7 Å². The third kappa shape index (κ3) is 3.52. The highest BCUT2D eigenvalue weighted by atomic mass is 16.5. The monoisotopic (exact) mass is 236 g/mol. The fraction of sp³-hybridized carbons (Fsp3) is 0.308. The topological polar surface area (TPSA) is 55.8 Å². The Morgan fingerprint density at radius 3 is 2.76 bits per heavy atom. The van der Waals surface area contributed by atoms with E-state index in [4.69, 9.17) is 9.47 Å². The van der Waals surface area contributed by atoms with Crippen LogP contribution in [-0.2, 0) is 9.53 Å². The summed E-state index contributed by atoms with van der Waals surface area (Å²) in [5, 5.41) is 9.45. The number of phenolic OH excluding ortho intramolecular Hbond substituents is 1. The van der Waals surface area contributed by atoms with Crippen LogP contribution in [0.25, 0.3) is 5.57 Å². The Kier molecular flexibility index (Phi) is 4.57. The van der Waals surface area contributed by atoms with Gasteiger partial charge in [0.05, 0.1) is 13.7 Å². The number of aromatic hydroxyl groups is 1. The molecule has 0 heterocycles. The molecule has 0 aliphatic carbocycles. The van der Waals surface area contributed by atoms with Crippen molar-refractivity contribution in [3.8, 4) is 11.5 Å². The third-order valence-electron chi connectivity index (χ3n) is 2.26. The van der Waals surface area contributed by atoms with Crippen molar-refractivity contribution in [1.29, 1.82) is 0 Å². The number of carbonyl (C=O) groups excluding carboxylic acids is 1. The number of allylic oxidation sites excluding steroid dienone is 1. The average molecular weight is 236 g/mol. The van der Waals surface area contributed by atoms with Crippen LogP contribution in [0.3, 0.4) is 0 Å². The fourth-order valence-corrected chi connectivity index (χ4v) is 1.37. The standard InChI is InChI=1S/C13H16O4/c1-4-17-13(15)7-9(2)10-5-6-11(14)12(8-10)16-3/h5-8,14H,4H2,1-3H3. The highest BCUT2D eigenvalue weighted by molar-refractivity contribution is 5.91.